The van der Waals surface area contributed by atoms with E-state index in [1.165, 1.54) is 32.1 Å². The zero-order valence-electron chi connectivity index (χ0n) is 10.6. The fraction of sp³-hybridized carbons (Fsp3) is 0.625. The summed E-state index contributed by atoms with van der Waals surface area (Å²) in [5.41, 5.74) is 0.699. The molecule has 0 aromatic heterocycles. The minimum atomic E-state index is -0.108. The van der Waals surface area contributed by atoms with E-state index in [-0.39, 0.29) is 5.82 Å². The molecule has 0 radical (unpaired) electrons. The molecule has 2 bridgehead atoms. The number of rotatable bonds is 2. The first-order valence-corrected chi connectivity index (χ1v) is 7.34. The number of nitrogens with one attached hydrogen (secondary N) is 1. The lowest BCUT2D eigenvalue weighted by atomic mass is 9.79. The molecule has 0 aliphatic heterocycles. The Bertz CT molecular complexity index is 458. The Morgan fingerprint density at radius 1 is 1.00 bits per heavy atom. The van der Waals surface area contributed by atoms with E-state index in [1.807, 2.05) is 12.1 Å². The first kappa shape index (κ1) is 10.8. The molecule has 96 valence electrons. The first-order chi connectivity index (χ1) is 8.83. The highest BCUT2D eigenvalue weighted by Crippen LogP contribution is 2.59. The summed E-state index contributed by atoms with van der Waals surface area (Å²) in [5.74, 6) is 3.57. The molecule has 18 heavy (non-hydrogen) atoms. The molecule has 5 atom stereocenters. The summed E-state index contributed by atoms with van der Waals surface area (Å²) >= 11 is 0. The van der Waals surface area contributed by atoms with Crippen LogP contribution < -0.4 is 5.32 Å². The van der Waals surface area contributed by atoms with E-state index in [9.17, 15) is 4.39 Å². The highest BCUT2D eigenvalue weighted by molar-refractivity contribution is 5.46. The van der Waals surface area contributed by atoms with Crippen LogP contribution in [-0.4, -0.2) is 6.04 Å². The van der Waals surface area contributed by atoms with Crippen LogP contribution >= 0.6 is 0 Å². The van der Waals surface area contributed by atoms with Crippen LogP contribution in [0.3, 0.4) is 0 Å². The fourth-order valence-electron chi connectivity index (χ4n) is 5.01. The molecular formula is C16H20FN. The van der Waals surface area contributed by atoms with Crippen molar-refractivity contribution in [2.24, 2.45) is 23.7 Å². The average Bonchev–Trinajstić information content (AvgIpc) is 3.03. The topological polar surface area (TPSA) is 12.0 Å². The van der Waals surface area contributed by atoms with Crippen LogP contribution in [-0.2, 0) is 0 Å². The Hall–Kier alpha value is -1.05. The van der Waals surface area contributed by atoms with E-state index in [2.05, 4.69) is 5.32 Å². The van der Waals surface area contributed by atoms with Gasteiger partial charge in [0.15, 0.2) is 0 Å². The maximum Gasteiger partial charge on any atom is 0.146 e. The summed E-state index contributed by atoms with van der Waals surface area (Å²) in [6, 6.07) is 7.61. The molecule has 1 aromatic carbocycles. The molecule has 1 N–H and O–H groups in total. The minimum Gasteiger partial charge on any atom is -0.380 e. The van der Waals surface area contributed by atoms with Gasteiger partial charge in [-0.05, 0) is 61.5 Å². The third kappa shape index (κ3) is 1.51. The molecule has 0 saturated heterocycles. The molecule has 1 nitrogen and oxygen atoms in total. The second-order valence-electron chi connectivity index (χ2n) is 6.38. The quantitative estimate of drug-likeness (QED) is 0.828. The van der Waals surface area contributed by atoms with Crippen LogP contribution in [0.15, 0.2) is 24.3 Å². The van der Waals surface area contributed by atoms with Crippen molar-refractivity contribution in [3.63, 3.8) is 0 Å². The lowest BCUT2D eigenvalue weighted by Gasteiger charge is -2.32. The summed E-state index contributed by atoms with van der Waals surface area (Å²) < 4.78 is 13.7. The van der Waals surface area contributed by atoms with Gasteiger partial charge < -0.3 is 5.32 Å². The van der Waals surface area contributed by atoms with Crippen LogP contribution in [0, 0.1) is 29.5 Å². The first-order valence-electron chi connectivity index (χ1n) is 7.34. The number of benzene rings is 1. The normalized spacial score (nSPS) is 41.1. The lowest BCUT2D eigenvalue weighted by Crippen LogP contribution is -2.34. The van der Waals surface area contributed by atoms with Crippen molar-refractivity contribution in [2.45, 2.75) is 38.1 Å². The van der Waals surface area contributed by atoms with Crippen molar-refractivity contribution in [3.05, 3.63) is 30.1 Å². The van der Waals surface area contributed by atoms with Gasteiger partial charge in [-0.2, -0.15) is 0 Å². The summed E-state index contributed by atoms with van der Waals surface area (Å²) in [6.45, 7) is 0. The Balaban J connectivity index is 1.53. The second kappa shape index (κ2) is 3.97. The molecular weight excluding hydrogens is 225 g/mol. The van der Waals surface area contributed by atoms with Gasteiger partial charge in [-0.1, -0.05) is 18.6 Å². The monoisotopic (exact) mass is 245 g/mol. The van der Waals surface area contributed by atoms with E-state index < -0.39 is 0 Å². The highest BCUT2D eigenvalue weighted by atomic mass is 19.1. The van der Waals surface area contributed by atoms with Crippen LogP contribution in [0.1, 0.15) is 32.1 Å². The molecule has 3 aliphatic rings. The fourth-order valence-corrected chi connectivity index (χ4v) is 5.01. The van der Waals surface area contributed by atoms with Crippen LogP contribution in [0.2, 0.25) is 0 Å². The zero-order chi connectivity index (χ0) is 12.1. The number of anilines is 1. The molecule has 3 fully saturated rings. The predicted molar refractivity (Wildman–Crippen MR) is 70.9 cm³/mol. The maximum absolute atomic E-state index is 13.7. The molecule has 3 saturated carbocycles. The minimum absolute atomic E-state index is 0.108. The largest absolute Gasteiger partial charge is 0.380 e. The predicted octanol–water partition coefficient (Wildman–Crippen LogP) is 4.06. The number of halogens is 1. The number of hydrogen-bond acceptors (Lipinski definition) is 1. The molecule has 5 unspecified atom stereocenters. The number of hydrogen-bond donors (Lipinski definition) is 1. The number of para-hydroxylation sites is 1. The van der Waals surface area contributed by atoms with E-state index >= 15 is 0 Å². The zero-order valence-corrected chi connectivity index (χ0v) is 10.6. The van der Waals surface area contributed by atoms with Gasteiger partial charge in [0.25, 0.3) is 0 Å². The standard InChI is InChI=1S/C16H20FN/c17-14-6-1-2-7-15(14)18-16-9-10-8-13(16)12-5-3-4-11(10)12/h1-2,6-7,10-13,16,18H,3-5,8-9H2. The SMILES string of the molecule is Fc1ccccc1NC1CC2CC1C1CCCC21. The van der Waals surface area contributed by atoms with E-state index in [0.29, 0.717) is 11.7 Å². The molecule has 0 spiro atoms. The van der Waals surface area contributed by atoms with Crippen molar-refractivity contribution < 1.29 is 4.39 Å². The van der Waals surface area contributed by atoms with Gasteiger partial charge in [0.1, 0.15) is 5.82 Å². The maximum atomic E-state index is 13.7. The van der Waals surface area contributed by atoms with Gasteiger partial charge in [-0.3, -0.25) is 0 Å². The summed E-state index contributed by atoms with van der Waals surface area (Å²) in [7, 11) is 0. The van der Waals surface area contributed by atoms with Crippen molar-refractivity contribution >= 4 is 5.69 Å². The number of fused-ring (bicyclic) bond motifs is 5. The van der Waals surface area contributed by atoms with E-state index in [0.717, 1.165) is 23.7 Å². The van der Waals surface area contributed by atoms with Gasteiger partial charge in [0.05, 0.1) is 5.69 Å². The highest BCUT2D eigenvalue weighted by Gasteiger charge is 2.53. The smallest absolute Gasteiger partial charge is 0.146 e. The molecule has 2 heteroatoms. The summed E-state index contributed by atoms with van der Waals surface area (Å²) in [6.07, 6.45) is 6.95. The Morgan fingerprint density at radius 3 is 2.72 bits per heavy atom. The van der Waals surface area contributed by atoms with Crippen LogP contribution in [0.5, 0.6) is 0 Å². The molecule has 4 rings (SSSR count). The Labute approximate surface area is 108 Å². The van der Waals surface area contributed by atoms with Gasteiger partial charge in [-0.25, -0.2) is 4.39 Å². The van der Waals surface area contributed by atoms with Gasteiger partial charge in [0, 0.05) is 6.04 Å². The second-order valence-corrected chi connectivity index (χ2v) is 6.38. The van der Waals surface area contributed by atoms with E-state index in [4.69, 9.17) is 0 Å². The van der Waals surface area contributed by atoms with Gasteiger partial charge in [0.2, 0.25) is 0 Å². The third-order valence-corrected chi connectivity index (χ3v) is 5.64. The molecule has 0 heterocycles. The van der Waals surface area contributed by atoms with Gasteiger partial charge in [-0.15, -0.1) is 0 Å². The third-order valence-electron chi connectivity index (χ3n) is 5.64. The van der Waals surface area contributed by atoms with Crippen molar-refractivity contribution in [1.29, 1.82) is 0 Å². The lowest BCUT2D eigenvalue weighted by molar-refractivity contribution is 0.243. The van der Waals surface area contributed by atoms with Gasteiger partial charge >= 0.3 is 0 Å². The van der Waals surface area contributed by atoms with Crippen molar-refractivity contribution in [2.75, 3.05) is 5.32 Å². The Morgan fingerprint density at radius 2 is 1.83 bits per heavy atom. The Kier molecular flexibility index (Phi) is 2.39. The van der Waals surface area contributed by atoms with Crippen LogP contribution in [0.4, 0.5) is 10.1 Å². The van der Waals surface area contributed by atoms with Crippen molar-refractivity contribution in [3.8, 4) is 0 Å². The molecule has 3 aliphatic carbocycles. The van der Waals surface area contributed by atoms with E-state index in [1.54, 1.807) is 12.1 Å². The molecule has 0 amide bonds. The van der Waals surface area contributed by atoms with Crippen LogP contribution in [0.25, 0.3) is 0 Å². The summed E-state index contributed by atoms with van der Waals surface area (Å²) in [4.78, 5) is 0. The average molecular weight is 245 g/mol. The van der Waals surface area contributed by atoms with Crippen molar-refractivity contribution in [1.82, 2.24) is 0 Å². The summed E-state index contributed by atoms with van der Waals surface area (Å²) in [5, 5.41) is 3.48. The molecule has 1 aromatic rings.